The van der Waals surface area contributed by atoms with Crippen LogP contribution >= 0.6 is 0 Å². The molecule has 6 nitrogen and oxygen atoms in total. The van der Waals surface area contributed by atoms with Crippen LogP contribution in [0.15, 0.2) is 0 Å². The second-order valence-corrected chi connectivity index (χ2v) is 4.90. The zero-order valence-electron chi connectivity index (χ0n) is 11.1. The van der Waals surface area contributed by atoms with Crippen LogP contribution in [-0.2, 0) is 9.59 Å². The average Bonchev–Trinajstić information content (AvgIpc) is 2.29. The number of aliphatic hydroxyl groups is 1. The van der Waals surface area contributed by atoms with E-state index in [1.807, 2.05) is 11.8 Å². The van der Waals surface area contributed by atoms with Crippen molar-refractivity contribution in [2.75, 3.05) is 32.7 Å². The lowest BCUT2D eigenvalue weighted by Crippen LogP contribution is -2.47. The van der Waals surface area contributed by atoms with Crippen molar-refractivity contribution < 1.29 is 14.7 Å². The summed E-state index contributed by atoms with van der Waals surface area (Å²) in [7, 11) is 0. The Morgan fingerprint density at radius 1 is 1.33 bits per heavy atom. The van der Waals surface area contributed by atoms with Gasteiger partial charge in [0.05, 0.1) is 12.6 Å². The molecule has 1 fully saturated rings. The number of likely N-dealkylation sites (tertiary alicyclic amines) is 1. The predicted molar refractivity (Wildman–Crippen MR) is 67.9 cm³/mol. The fraction of sp³-hybridized carbons (Fsp3) is 0.833. The monoisotopic (exact) mass is 257 g/mol. The van der Waals surface area contributed by atoms with Crippen LogP contribution < -0.4 is 10.6 Å². The quantitative estimate of drug-likeness (QED) is 0.548. The number of hydrogen-bond acceptors (Lipinski definition) is 4. The Labute approximate surface area is 108 Å². The first-order valence-electron chi connectivity index (χ1n) is 6.40. The summed E-state index contributed by atoms with van der Waals surface area (Å²) >= 11 is 0. The first-order valence-corrected chi connectivity index (χ1v) is 6.40. The van der Waals surface area contributed by atoms with Crippen LogP contribution in [0.2, 0.25) is 0 Å². The van der Waals surface area contributed by atoms with Crippen LogP contribution in [0.3, 0.4) is 0 Å². The van der Waals surface area contributed by atoms with Gasteiger partial charge in [-0.3, -0.25) is 14.5 Å². The number of nitrogens with one attached hydrogen (secondary N) is 2. The molecule has 0 aromatic carbocycles. The number of aliphatic hydroxyl groups excluding tert-OH is 1. The maximum absolute atomic E-state index is 11.6. The minimum Gasteiger partial charge on any atom is -0.392 e. The van der Waals surface area contributed by atoms with Gasteiger partial charge in [-0.25, -0.2) is 0 Å². The summed E-state index contributed by atoms with van der Waals surface area (Å²) in [6, 6.07) is 0. The summed E-state index contributed by atoms with van der Waals surface area (Å²) in [6.45, 7) is 6.06. The lowest BCUT2D eigenvalue weighted by molar-refractivity contribution is -0.123. The van der Waals surface area contributed by atoms with Gasteiger partial charge >= 0.3 is 0 Å². The van der Waals surface area contributed by atoms with Gasteiger partial charge in [0.25, 0.3) is 0 Å². The molecule has 1 aliphatic heterocycles. The van der Waals surface area contributed by atoms with E-state index in [0.717, 1.165) is 13.0 Å². The third-order valence-electron chi connectivity index (χ3n) is 3.19. The van der Waals surface area contributed by atoms with Gasteiger partial charge in [0.1, 0.15) is 0 Å². The van der Waals surface area contributed by atoms with Gasteiger partial charge in [0.2, 0.25) is 11.8 Å². The molecule has 1 aliphatic rings. The fourth-order valence-electron chi connectivity index (χ4n) is 1.96. The molecular weight excluding hydrogens is 234 g/mol. The molecule has 104 valence electrons. The van der Waals surface area contributed by atoms with Crippen molar-refractivity contribution in [3.63, 3.8) is 0 Å². The summed E-state index contributed by atoms with van der Waals surface area (Å²) in [5.74, 6) is 0.142. The second kappa shape index (κ2) is 7.33. The smallest absolute Gasteiger partial charge is 0.234 e. The normalized spacial score (nSPS) is 24.6. The van der Waals surface area contributed by atoms with Crippen LogP contribution in [0.5, 0.6) is 0 Å². The molecule has 18 heavy (non-hydrogen) atoms. The lowest BCUT2D eigenvalue weighted by Gasteiger charge is -2.33. The number of piperidine rings is 1. The van der Waals surface area contributed by atoms with Crippen LogP contribution in [-0.4, -0.2) is 60.6 Å². The number of nitrogens with zero attached hydrogens (tertiary/aromatic N) is 1. The molecule has 0 aromatic rings. The zero-order chi connectivity index (χ0) is 13.5. The van der Waals surface area contributed by atoms with Gasteiger partial charge in [-0.1, -0.05) is 6.92 Å². The van der Waals surface area contributed by atoms with Crippen molar-refractivity contribution in [2.24, 2.45) is 5.92 Å². The van der Waals surface area contributed by atoms with Crippen LogP contribution in [0.25, 0.3) is 0 Å². The van der Waals surface area contributed by atoms with E-state index < -0.39 is 0 Å². The van der Waals surface area contributed by atoms with E-state index in [9.17, 15) is 14.7 Å². The number of β-amino-alcohol motifs (C(OH)–C–C–N with tert-alkyl or cyclic N) is 1. The van der Waals surface area contributed by atoms with Gasteiger partial charge in [0, 0.05) is 26.6 Å². The van der Waals surface area contributed by atoms with Crippen LogP contribution in [0.4, 0.5) is 0 Å². The maximum Gasteiger partial charge on any atom is 0.234 e. The molecule has 2 atom stereocenters. The van der Waals surface area contributed by atoms with Crippen LogP contribution in [0.1, 0.15) is 20.3 Å². The summed E-state index contributed by atoms with van der Waals surface area (Å²) in [4.78, 5) is 24.2. The Bertz CT molecular complexity index is 296. The van der Waals surface area contributed by atoms with E-state index in [1.54, 1.807) is 0 Å². The Hall–Kier alpha value is -1.14. The van der Waals surface area contributed by atoms with Crippen molar-refractivity contribution in [2.45, 2.75) is 26.4 Å². The highest BCUT2D eigenvalue weighted by molar-refractivity contribution is 5.78. The standard InChI is InChI=1S/C12H23N3O3/c1-9-3-6-15(7-11(9)17)8-12(18)14-5-4-13-10(2)16/h9,11,17H,3-8H2,1-2H3,(H,13,16)(H,14,18). The van der Waals surface area contributed by atoms with E-state index in [0.29, 0.717) is 32.1 Å². The van der Waals surface area contributed by atoms with E-state index in [1.165, 1.54) is 6.92 Å². The molecule has 0 radical (unpaired) electrons. The van der Waals surface area contributed by atoms with E-state index in [2.05, 4.69) is 10.6 Å². The minimum absolute atomic E-state index is 0.0675. The minimum atomic E-state index is -0.342. The highest BCUT2D eigenvalue weighted by atomic mass is 16.3. The molecule has 0 bridgehead atoms. The molecule has 0 saturated carbocycles. The Kier molecular flexibility index (Phi) is 6.07. The summed E-state index contributed by atoms with van der Waals surface area (Å²) in [5.41, 5.74) is 0. The van der Waals surface area contributed by atoms with Gasteiger partial charge in [0.15, 0.2) is 0 Å². The lowest BCUT2D eigenvalue weighted by atomic mass is 9.96. The number of carbonyl (C=O) groups excluding carboxylic acids is 2. The molecule has 6 heteroatoms. The van der Waals surface area contributed by atoms with E-state index in [-0.39, 0.29) is 17.9 Å². The third kappa shape index (κ3) is 5.46. The Morgan fingerprint density at radius 2 is 2.00 bits per heavy atom. The largest absolute Gasteiger partial charge is 0.392 e. The SMILES string of the molecule is CC(=O)NCCNC(=O)CN1CCC(C)C(O)C1. The average molecular weight is 257 g/mol. The second-order valence-electron chi connectivity index (χ2n) is 4.90. The number of amides is 2. The molecule has 0 spiro atoms. The van der Waals surface area contributed by atoms with E-state index >= 15 is 0 Å². The molecule has 0 aromatic heterocycles. The molecule has 1 saturated heterocycles. The van der Waals surface area contributed by atoms with Crippen LogP contribution in [0, 0.1) is 5.92 Å². The van der Waals surface area contributed by atoms with Gasteiger partial charge < -0.3 is 15.7 Å². The summed E-state index contributed by atoms with van der Waals surface area (Å²) in [5, 5.41) is 15.1. The Morgan fingerprint density at radius 3 is 2.61 bits per heavy atom. The molecular formula is C12H23N3O3. The first-order chi connectivity index (χ1) is 8.49. The predicted octanol–water partition coefficient (Wildman–Crippen LogP) is -1.06. The number of carbonyl (C=O) groups is 2. The van der Waals surface area contributed by atoms with Crippen molar-refractivity contribution >= 4 is 11.8 Å². The zero-order valence-corrected chi connectivity index (χ0v) is 11.1. The third-order valence-corrected chi connectivity index (χ3v) is 3.19. The summed E-state index contributed by atoms with van der Waals surface area (Å²) in [6.07, 6.45) is 0.575. The first kappa shape index (κ1) is 14.9. The Balaban J connectivity index is 2.14. The molecule has 2 unspecified atom stereocenters. The van der Waals surface area contributed by atoms with Crippen molar-refractivity contribution in [1.82, 2.24) is 15.5 Å². The molecule has 1 rings (SSSR count). The maximum atomic E-state index is 11.6. The molecule has 3 N–H and O–H groups in total. The number of hydrogen-bond donors (Lipinski definition) is 3. The van der Waals surface area contributed by atoms with Crippen molar-refractivity contribution in [1.29, 1.82) is 0 Å². The molecule has 2 amide bonds. The van der Waals surface area contributed by atoms with Gasteiger partial charge in [-0.15, -0.1) is 0 Å². The topological polar surface area (TPSA) is 81.7 Å². The molecule has 1 heterocycles. The van der Waals surface area contributed by atoms with Gasteiger partial charge in [-0.05, 0) is 18.9 Å². The number of rotatable bonds is 5. The highest BCUT2D eigenvalue weighted by Gasteiger charge is 2.25. The molecule has 0 aliphatic carbocycles. The summed E-state index contributed by atoms with van der Waals surface area (Å²) < 4.78 is 0. The highest BCUT2D eigenvalue weighted by Crippen LogP contribution is 2.16. The van der Waals surface area contributed by atoms with Gasteiger partial charge in [-0.2, -0.15) is 0 Å². The van der Waals surface area contributed by atoms with Crippen molar-refractivity contribution in [3.8, 4) is 0 Å². The van der Waals surface area contributed by atoms with E-state index in [4.69, 9.17) is 0 Å². The van der Waals surface area contributed by atoms with Crippen molar-refractivity contribution in [3.05, 3.63) is 0 Å². The fourth-order valence-corrected chi connectivity index (χ4v) is 1.96.